The fourth-order valence-corrected chi connectivity index (χ4v) is 2.09. The van der Waals surface area contributed by atoms with Crippen LogP contribution in [0, 0.1) is 6.92 Å². The lowest BCUT2D eigenvalue weighted by molar-refractivity contribution is 0.0944. The maximum absolute atomic E-state index is 12.1. The number of hydrogen-bond donors (Lipinski definition) is 1. The van der Waals surface area contributed by atoms with Gasteiger partial charge in [-0.05, 0) is 42.8 Å². The Morgan fingerprint density at radius 1 is 1.23 bits per heavy atom. The number of para-hydroxylation sites is 1. The van der Waals surface area contributed by atoms with E-state index in [1.807, 2.05) is 19.1 Å². The lowest BCUT2D eigenvalue weighted by Crippen LogP contribution is -2.28. The minimum absolute atomic E-state index is 0.187. The molecule has 0 aliphatic rings. The molecule has 0 radical (unpaired) electrons. The molecule has 116 valence electrons. The van der Waals surface area contributed by atoms with Crippen molar-refractivity contribution in [1.29, 1.82) is 0 Å². The van der Waals surface area contributed by atoms with E-state index >= 15 is 0 Å². The molecule has 1 N–H and O–H groups in total. The molecule has 0 aliphatic carbocycles. The number of methoxy groups -OCH3 is 1. The highest BCUT2D eigenvalue weighted by atomic mass is 35.5. The Kier molecular flexibility index (Phi) is 5.67. The van der Waals surface area contributed by atoms with Crippen molar-refractivity contribution in [2.75, 3.05) is 20.3 Å². The summed E-state index contributed by atoms with van der Waals surface area (Å²) in [5.74, 6) is 1.09. The van der Waals surface area contributed by atoms with Gasteiger partial charge >= 0.3 is 0 Å². The summed E-state index contributed by atoms with van der Waals surface area (Å²) in [5.41, 5.74) is 1.46. The van der Waals surface area contributed by atoms with E-state index in [2.05, 4.69) is 5.32 Å². The first-order valence-corrected chi connectivity index (χ1v) is 7.30. The number of carbonyl (C=O) groups is 1. The summed E-state index contributed by atoms with van der Waals surface area (Å²) in [4.78, 5) is 12.1. The molecule has 0 atom stereocenters. The molecule has 0 aromatic heterocycles. The summed E-state index contributed by atoms with van der Waals surface area (Å²) in [6, 6.07) is 12.5. The van der Waals surface area contributed by atoms with Crippen molar-refractivity contribution in [1.82, 2.24) is 5.32 Å². The summed E-state index contributed by atoms with van der Waals surface area (Å²) in [5, 5.41) is 3.51. The minimum atomic E-state index is -0.187. The minimum Gasteiger partial charge on any atom is -0.496 e. The molecule has 5 heteroatoms. The van der Waals surface area contributed by atoms with Crippen molar-refractivity contribution in [3.8, 4) is 11.5 Å². The standard InChI is InChI=1S/C17H18ClNO3/c1-12-11-13(7-8-15(12)18)22-10-9-19-17(20)14-5-3-4-6-16(14)21-2/h3-8,11H,9-10H2,1-2H3,(H,19,20). The molecule has 1 amide bonds. The molecule has 0 aliphatic heterocycles. The Labute approximate surface area is 135 Å². The maximum Gasteiger partial charge on any atom is 0.255 e. The number of ether oxygens (including phenoxy) is 2. The Hall–Kier alpha value is -2.20. The smallest absolute Gasteiger partial charge is 0.255 e. The van der Waals surface area contributed by atoms with Gasteiger partial charge in [0.1, 0.15) is 18.1 Å². The third-order valence-electron chi connectivity index (χ3n) is 3.14. The van der Waals surface area contributed by atoms with Crippen molar-refractivity contribution < 1.29 is 14.3 Å². The lowest BCUT2D eigenvalue weighted by atomic mass is 10.2. The molecule has 0 bridgehead atoms. The van der Waals surface area contributed by atoms with Crippen LogP contribution in [0.3, 0.4) is 0 Å². The van der Waals surface area contributed by atoms with Crippen molar-refractivity contribution in [2.24, 2.45) is 0 Å². The third-order valence-corrected chi connectivity index (χ3v) is 3.56. The molecule has 0 fully saturated rings. The van der Waals surface area contributed by atoms with E-state index < -0.39 is 0 Å². The predicted molar refractivity (Wildman–Crippen MR) is 87.0 cm³/mol. The van der Waals surface area contributed by atoms with Crippen LogP contribution in [0.2, 0.25) is 5.02 Å². The summed E-state index contributed by atoms with van der Waals surface area (Å²) in [7, 11) is 1.54. The van der Waals surface area contributed by atoms with Crippen LogP contribution in [0.1, 0.15) is 15.9 Å². The van der Waals surface area contributed by atoms with Gasteiger partial charge < -0.3 is 14.8 Å². The fourth-order valence-electron chi connectivity index (χ4n) is 1.97. The number of aryl methyl sites for hydroxylation is 1. The SMILES string of the molecule is COc1ccccc1C(=O)NCCOc1ccc(Cl)c(C)c1. The normalized spacial score (nSPS) is 10.1. The number of amides is 1. The van der Waals surface area contributed by atoms with Crippen LogP contribution in [0.25, 0.3) is 0 Å². The van der Waals surface area contributed by atoms with Gasteiger partial charge in [-0.1, -0.05) is 23.7 Å². The van der Waals surface area contributed by atoms with Gasteiger partial charge in [-0.15, -0.1) is 0 Å². The second kappa shape index (κ2) is 7.71. The molecule has 2 aromatic rings. The fraction of sp³-hybridized carbons (Fsp3) is 0.235. The average molecular weight is 320 g/mol. The monoisotopic (exact) mass is 319 g/mol. The second-order valence-electron chi connectivity index (χ2n) is 4.72. The first-order chi connectivity index (χ1) is 10.6. The number of nitrogens with one attached hydrogen (secondary N) is 1. The molecule has 0 unspecified atom stereocenters. The number of carbonyl (C=O) groups excluding carboxylic acids is 1. The number of hydrogen-bond acceptors (Lipinski definition) is 3. The van der Waals surface area contributed by atoms with Crippen LogP contribution >= 0.6 is 11.6 Å². The molecule has 0 heterocycles. The topological polar surface area (TPSA) is 47.6 Å². The highest BCUT2D eigenvalue weighted by molar-refractivity contribution is 6.31. The van der Waals surface area contributed by atoms with E-state index in [1.165, 1.54) is 7.11 Å². The van der Waals surface area contributed by atoms with Gasteiger partial charge in [0, 0.05) is 5.02 Å². The summed E-state index contributed by atoms with van der Waals surface area (Å²) < 4.78 is 10.7. The van der Waals surface area contributed by atoms with Gasteiger partial charge in [0.05, 0.1) is 19.2 Å². The molecule has 2 rings (SSSR count). The first kappa shape index (κ1) is 16.2. The third kappa shape index (κ3) is 4.15. The second-order valence-corrected chi connectivity index (χ2v) is 5.12. The first-order valence-electron chi connectivity index (χ1n) is 6.92. The Morgan fingerprint density at radius 2 is 2.00 bits per heavy atom. The van der Waals surface area contributed by atoms with Crippen LogP contribution in [-0.4, -0.2) is 26.2 Å². The molecular formula is C17H18ClNO3. The van der Waals surface area contributed by atoms with E-state index in [0.717, 1.165) is 11.3 Å². The van der Waals surface area contributed by atoms with E-state index in [9.17, 15) is 4.79 Å². The molecule has 4 nitrogen and oxygen atoms in total. The zero-order valence-corrected chi connectivity index (χ0v) is 13.3. The predicted octanol–water partition coefficient (Wildman–Crippen LogP) is 3.47. The van der Waals surface area contributed by atoms with E-state index in [0.29, 0.717) is 29.5 Å². The highest BCUT2D eigenvalue weighted by Gasteiger charge is 2.10. The summed E-state index contributed by atoms with van der Waals surface area (Å²) in [6.07, 6.45) is 0. The molecular weight excluding hydrogens is 302 g/mol. The van der Waals surface area contributed by atoms with Crippen molar-refractivity contribution in [3.63, 3.8) is 0 Å². The summed E-state index contributed by atoms with van der Waals surface area (Å²) >= 11 is 5.96. The number of halogens is 1. The highest BCUT2D eigenvalue weighted by Crippen LogP contribution is 2.21. The Bertz CT molecular complexity index is 658. The summed E-state index contributed by atoms with van der Waals surface area (Å²) in [6.45, 7) is 2.69. The van der Waals surface area contributed by atoms with E-state index in [1.54, 1.807) is 30.3 Å². The number of benzene rings is 2. The molecule has 0 saturated heterocycles. The van der Waals surface area contributed by atoms with Gasteiger partial charge in [0.25, 0.3) is 5.91 Å². The molecule has 0 spiro atoms. The molecule has 0 saturated carbocycles. The van der Waals surface area contributed by atoms with Crippen molar-refractivity contribution in [2.45, 2.75) is 6.92 Å². The van der Waals surface area contributed by atoms with Gasteiger partial charge in [-0.2, -0.15) is 0 Å². The van der Waals surface area contributed by atoms with Crippen LogP contribution in [0.5, 0.6) is 11.5 Å². The van der Waals surface area contributed by atoms with Crippen LogP contribution in [-0.2, 0) is 0 Å². The van der Waals surface area contributed by atoms with Crippen molar-refractivity contribution in [3.05, 3.63) is 58.6 Å². The van der Waals surface area contributed by atoms with Crippen molar-refractivity contribution >= 4 is 17.5 Å². The van der Waals surface area contributed by atoms with Crippen LogP contribution < -0.4 is 14.8 Å². The largest absolute Gasteiger partial charge is 0.496 e. The average Bonchev–Trinajstić information content (AvgIpc) is 2.54. The van der Waals surface area contributed by atoms with Gasteiger partial charge in [-0.3, -0.25) is 4.79 Å². The number of rotatable bonds is 6. The van der Waals surface area contributed by atoms with E-state index in [4.69, 9.17) is 21.1 Å². The van der Waals surface area contributed by atoms with Gasteiger partial charge in [0.15, 0.2) is 0 Å². The molecule has 22 heavy (non-hydrogen) atoms. The lowest BCUT2D eigenvalue weighted by Gasteiger charge is -2.10. The van der Waals surface area contributed by atoms with E-state index in [-0.39, 0.29) is 5.91 Å². The zero-order valence-electron chi connectivity index (χ0n) is 12.6. The van der Waals surface area contributed by atoms with Gasteiger partial charge in [0.2, 0.25) is 0 Å². The Balaban J connectivity index is 1.83. The van der Waals surface area contributed by atoms with Crippen LogP contribution in [0.4, 0.5) is 0 Å². The zero-order chi connectivity index (χ0) is 15.9. The quantitative estimate of drug-likeness (QED) is 0.829. The maximum atomic E-state index is 12.1. The Morgan fingerprint density at radius 3 is 2.73 bits per heavy atom. The van der Waals surface area contributed by atoms with Gasteiger partial charge in [-0.25, -0.2) is 0 Å². The van der Waals surface area contributed by atoms with Crippen LogP contribution in [0.15, 0.2) is 42.5 Å². The molecule has 2 aromatic carbocycles.